The molecule has 3 nitrogen and oxygen atoms in total. The molecule has 0 saturated heterocycles. The molecule has 54 heavy (non-hydrogen) atoms. The molecule has 0 aromatic heterocycles. The second-order valence-corrected chi connectivity index (χ2v) is 19.7. The molecule has 0 fully saturated rings. The van der Waals surface area contributed by atoms with Gasteiger partial charge in [-0.05, 0) is 110 Å². The van der Waals surface area contributed by atoms with Crippen LogP contribution in [0.2, 0.25) is 0 Å². The summed E-state index contributed by atoms with van der Waals surface area (Å²) in [5, 5.41) is 35.5. The molecule has 3 N–H and O–H groups in total. The van der Waals surface area contributed by atoms with Crippen LogP contribution in [0.5, 0.6) is 17.2 Å². The van der Waals surface area contributed by atoms with Gasteiger partial charge in [0.1, 0.15) is 17.2 Å². The summed E-state index contributed by atoms with van der Waals surface area (Å²) in [6.07, 6.45) is 3.56. The van der Waals surface area contributed by atoms with Gasteiger partial charge in [-0.15, -0.1) is 0 Å². The van der Waals surface area contributed by atoms with Crippen molar-refractivity contribution in [1.82, 2.24) is 0 Å². The smallest absolute Gasteiger partial charge is 0.122 e. The van der Waals surface area contributed by atoms with Crippen molar-refractivity contribution in [3.63, 3.8) is 0 Å². The number of allylic oxidation sites excluding steroid dienone is 2. The summed E-state index contributed by atoms with van der Waals surface area (Å²) in [6, 6.07) is 14.1. The van der Waals surface area contributed by atoms with E-state index in [1.165, 1.54) is 22.3 Å². The van der Waals surface area contributed by atoms with Gasteiger partial charge in [0.25, 0.3) is 0 Å². The Bertz CT molecular complexity index is 1740. The highest BCUT2D eigenvalue weighted by molar-refractivity contribution is 5.60. The average Bonchev–Trinajstić information content (AvgIpc) is 3.06. The van der Waals surface area contributed by atoms with Crippen LogP contribution in [0, 0.1) is 17.8 Å². The maximum atomic E-state index is 11.9. The normalized spacial score (nSPS) is 21.0. The monoisotopic (exact) mass is 737 g/mol. The van der Waals surface area contributed by atoms with Crippen LogP contribution >= 0.6 is 0 Å². The Morgan fingerprint density at radius 3 is 1.02 bits per heavy atom. The molecule has 0 bridgehead atoms. The summed E-state index contributed by atoms with van der Waals surface area (Å²) in [5.74, 6) is 2.79. The SMILES string of the molecule is CC(C)C1=CC(c2cc(C(C)C)c(O)c(C(C)C)c2)(C(C)C)C(c2cc(C(C)C)c(O)c(C(C)C)c2)C(c2cc(C(C)C)c(O)c(C(C)C)c2)(C(C)C)C1. The number of rotatable bonds is 12. The number of phenols is 3. The van der Waals surface area contributed by atoms with E-state index in [4.69, 9.17) is 0 Å². The number of aromatic hydroxyl groups is 3. The second-order valence-electron chi connectivity index (χ2n) is 19.7. The zero-order valence-corrected chi connectivity index (χ0v) is 37.4. The molecule has 0 heterocycles. The van der Waals surface area contributed by atoms with Crippen LogP contribution in [0.4, 0.5) is 0 Å². The minimum Gasteiger partial charge on any atom is -0.507 e. The van der Waals surface area contributed by atoms with Crippen LogP contribution in [0.15, 0.2) is 48.0 Å². The van der Waals surface area contributed by atoms with E-state index in [1.54, 1.807) is 0 Å². The molecule has 0 aliphatic heterocycles. The van der Waals surface area contributed by atoms with Crippen LogP contribution in [0.3, 0.4) is 0 Å². The minimum atomic E-state index is -0.490. The maximum Gasteiger partial charge on any atom is 0.122 e. The van der Waals surface area contributed by atoms with Crippen molar-refractivity contribution in [2.45, 2.75) is 183 Å². The molecule has 3 unspecified atom stereocenters. The van der Waals surface area contributed by atoms with Crippen molar-refractivity contribution in [2.24, 2.45) is 17.8 Å². The lowest BCUT2D eigenvalue weighted by atomic mass is 9.44. The molecule has 1 aliphatic rings. The number of hydrogen-bond donors (Lipinski definition) is 3. The number of phenolic OH excluding ortho intramolecular Hbond substituents is 3. The first-order valence-corrected chi connectivity index (χ1v) is 21.3. The van der Waals surface area contributed by atoms with Gasteiger partial charge in [-0.1, -0.05) is 173 Å². The molecule has 298 valence electrons. The van der Waals surface area contributed by atoms with E-state index in [-0.39, 0.29) is 53.3 Å². The van der Waals surface area contributed by atoms with Crippen molar-refractivity contribution in [3.05, 3.63) is 98.1 Å². The molecule has 3 aromatic rings. The Kier molecular flexibility index (Phi) is 13.0. The lowest BCUT2D eigenvalue weighted by molar-refractivity contribution is 0.136. The first-order valence-electron chi connectivity index (χ1n) is 21.3. The number of hydrogen-bond acceptors (Lipinski definition) is 3. The van der Waals surface area contributed by atoms with E-state index < -0.39 is 10.8 Å². The Labute approximate surface area is 330 Å². The maximum absolute atomic E-state index is 11.9. The summed E-state index contributed by atoms with van der Waals surface area (Å²) < 4.78 is 0. The van der Waals surface area contributed by atoms with Gasteiger partial charge in [0.2, 0.25) is 0 Å². The van der Waals surface area contributed by atoms with Crippen molar-refractivity contribution in [1.29, 1.82) is 0 Å². The minimum absolute atomic E-state index is 0.0442. The van der Waals surface area contributed by atoms with Crippen LogP contribution < -0.4 is 0 Å². The third-order valence-corrected chi connectivity index (χ3v) is 13.3. The molecule has 3 atom stereocenters. The van der Waals surface area contributed by atoms with Crippen LogP contribution in [-0.4, -0.2) is 15.3 Å². The quantitative estimate of drug-likeness (QED) is 0.162. The molecular formula is C51H76O3. The molecule has 0 radical (unpaired) electrons. The topological polar surface area (TPSA) is 60.7 Å². The van der Waals surface area contributed by atoms with Gasteiger partial charge in [0.05, 0.1) is 0 Å². The van der Waals surface area contributed by atoms with Crippen LogP contribution in [0.1, 0.15) is 223 Å². The highest BCUT2D eigenvalue weighted by Crippen LogP contribution is 2.65. The lowest BCUT2D eigenvalue weighted by Crippen LogP contribution is -2.54. The third kappa shape index (κ3) is 7.39. The van der Waals surface area contributed by atoms with Crippen LogP contribution in [-0.2, 0) is 10.8 Å². The molecule has 1 aliphatic carbocycles. The van der Waals surface area contributed by atoms with E-state index in [0.717, 1.165) is 39.8 Å². The van der Waals surface area contributed by atoms with Gasteiger partial charge >= 0.3 is 0 Å². The van der Waals surface area contributed by atoms with Gasteiger partial charge in [-0.2, -0.15) is 0 Å². The Balaban J connectivity index is 2.45. The summed E-state index contributed by atoms with van der Waals surface area (Å²) >= 11 is 0. The highest BCUT2D eigenvalue weighted by atomic mass is 16.3. The molecule has 0 amide bonds. The number of benzene rings is 3. The van der Waals surface area contributed by atoms with Crippen molar-refractivity contribution >= 4 is 0 Å². The largest absolute Gasteiger partial charge is 0.507 e. The van der Waals surface area contributed by atoms with Crippen molar-refractivity contribution in [3.8, 4) is 17.2 Å². The molecule has 4 rings (SSSR count). The fourth-order valence-electron chi connectivity index (χ4n) is 9.86. The second kappa shape index (κ2) is 16.1. The fraction of sp³-hybridized carbons (Fsp3) is 0.608. The Morgan fingerprint density at radius 1 is 0.426 bits per heavy atom. The lowest BCUT2D eigenvalue weighted by Gasteiger charge is -2.59. The molecule has 3 aromatic carbocycles. The van der Waals surface area contributed by atoms with Crippen molar-refractivity contribution < 1.29 is 15.3 Å². The first-order chi connectivity index (χ1) is 24.9. The van der Waals surface area contributed by atoms with Crippen LogP contribution in [0.25, 0.3) is 0 Å². The standard InChI is InChI=1S/C51H76O3/c1-27(2)37-25-50(34(15)16,38-21-42(30(7)8)47(53)43(22-38)31(9)10)49(36-19-40(28(3)4)46(52)41(20-36)29(5)6)51(26-37,35(17)18)39-23-44(32(11)12)48(54)45(24-39)33(13)14/h19-25,27-35,49,52-54H,26H2,1-18H3. The van der Waals surface area contributed by atoms with E-state index in [0.29, 0.717) is 23.2 Å². The van der Waals surface area contributed by atoms with Crippen molar-refractivity contribution in [2.75, 3.05) is 0 Å². The van der Waals surface area contributed by atoms with Gasteiger partial charge < -0.3 is 15.3 Å². The van der Waals surface area contributed by atoms with Gasteiger partial charge in [-0.25, -0.2) is 0 Å². The Morgan fingerprint density at radius 2 is 0.741 bits per heavy atom. The Hall–Kier alpha value is -3.20. The average molecular weight is 737 g/mol. The molecule has 3 heteroatoms. The predicted molar refractivity (Wildman–Crippen MR) is 232 cm³/mol. The van der Waals surface area contributed by atoms with E-state index in [2.05, 4.69) is 167 Å². The first kappa shape index (κ1) is 43.5. The van der Waals surface area contributed by atoms with Gasteiger partial charge in [0, 0.05) is 16.7 Å². The zero-order chi connectivity index (χ0) is 40.9. The fourth-order valence-corrected chi connectivity index (χ4v) is 9.86. The van der Waals surface area contributed by atoms with Gasteiger partial charge in [0.15, 0.2) is 0 Å². The van der Waals surface area contributed by atoms with E-state index in [9.17, 15) is 15.3 Å². The summed E-state index contributed by atoms with van der Waals surface area (Å²) in [6.45, 7) is 40.7. The summed E-state index contributed by atoms with van der Waals surface area (Å²) in [7, 11) is 0. The summed E-state index contributed by atoms with van der Waals surface area (Å²) in [5.41, 5.74) is 10.4. The van der Waals surface area contributed by atoms with E-state index in [1.807, 2.05) is 0 Å². The molecule has 0 spiro atoms. The molecule has 0 saturated carbocycles. The zero-order valence-electron chi connectivity index (χ0n) is 37.4. The summed E-state index contributed by atoms with van der Waals surface area (Å²) in [4.78, 5) is 0. The predicted octanol–water partition coefficient (Wildman–Crippen LogP) is 14.8. The van der Waals surface area contributed by atoms with Gasteiger partial charge in [-0.3, -0.25) is 0 Å². The third-order valence-electron chi connectivity index (χ3n) is 13.3. The highest BCUT2D eigenvalue weighted by Gasteiger charge is 2.58. The molecular weight excluding hydrogens is 661 g/mol. The van der Waals surface area contributed by atoms with E-state index >= 15 is 0 Å².